The van der Waals surface area contributed by atoms with Gasteiger partial charge in [0, 0.05) is 5.69 Å². The van der Waals surface area contributed by atoms with Crippen molar-refractivity contribution >= 4 is 34.6 Å². The minimum atomic E-state index is 0.0615. The monoisotopic (exact) mass is 253 g/mol. The maximum absolute atomic E-state index is 9.28. The van der Waals surface area contributed by atoms with Gasteiger partial charge in [-0.15, -0.1) is 0 Å². The highest BCUT2D eigenvalue weighted by Gasteiger charge is 2.02. The molecule has 82 valence electrons. The molecule has 0 aromatic heterocycles. The zero-order valence-electron chi connectivity index (χ0n) is 8.24. The van der Waals surface area contributed by atoms with Crippen LogP contribution in [-0.2, 0) is 0 Å². The summed E-state index contributed by atoms with van der Waals surface area (Å²) < 4.78 is 0. The second-order valence-corrected chi connectivity index (χ2v) is 4.09. The number of benzene rings is 2. The Hall–Kier alpha value is -1.38. The fourth-order valence-electron chi connectivity index (χ4n) is 1.30. The van der Waals surface area contributed by atoms with Gasteiger partial charge in [0.25, 0.3) is 0 Å². The molecule has 2 N–H and O–H groups in total. The molecule has 0 amide bonds. The van der Waals surface area contributed by atoms with Crippen molar-refractivity contribution in [2.45, 2.75) is 0 Å². The van der Waals surface area contributed by atoms with Gasteiger partial charge in [-0.1, -0.05) is 35.3 Å². The van der Waals surface area contributed by atoms with E-state index in [2.05, 4.69) is 5.32 Å². The molecule has 0 heterocycles. The third kappa shape index (κ3) is 2.40. The van der Waals surface area contributed by atoms with Crippen molar-refractivity contribution in [3.63, 3.8) is 0 Å². The normalized spacial score (nSPS) is 10.1. The molecule has 16 heavy (non-hydrogen) atoms. The number of phenols is 1. The molecule has 2 aromatic rings. The van der Waals surface area contributed by atoms with Crippen LogP contribution in [0.5, 0.6) is 5.75 Å². The summed E-state index contributed by atoms with van der Waals surface area (Å²) in [7, 11) is 0. The molecule has 0 saturated carbocycles. The first-order chi connectivity index (χ1) is 7.66. The summed E-state index contributed by atoms with van der Waals surface area (Å²) in [5.41, 5.74) is 1.57. The van der Waals surface area contributed by atoms with Crippen LogP contribution in [0.1, 0.15) is 0 Å². The zero-order valence-corrected chi connectivity index (χ0v) is 9.76. The van der Waals surface area contributed by atoms with E-state index < -0.39 is 0 Å². The Morgan fingerprint density at radius 1 is 0.938 bits per heavy atom. The van der Waals surface area contributed by atoms with E-state index in [0.29, 0.717) is 10.0 Å². The Morgan fingerprint density at radius 3 is 2.38 bits per heavy atom. The fraction of sp³-hybridized carbons (Fsp3) is 0. The summed E-state index contributed by atoms with van der Waals surface area (Å²) in [6, 6.07) is 12.3. The minimum absolute atomic E-state index is 0.0615. The van der Waals surface area contributed by atoms with Crippen LogP contribution in [-0.4, -0.2) is 5.11 Å². The van der Waals surface area contributed by atoms with Gasteiger partial charge in [-0.3, -0.25) is 0 Å². The lowest BCUT2D eigenvalue weighted by atomic mass is 10.2. The van der Waals surface area contributed by atoms with Crippen molar-refractivity contribution in [3.8, 4) is 5.75 Å². The summed E-state index contributed by atoms with van der Waals surface area (Å²) in [5.74, 6) is 0.0615. The quantitative estimate of drug-likeness (QED) is 0.776. The highest BCUT2D eigenvalue weighted by atomic mass is 35.5. The number of aromatic hydroxyl groups is 1. The van der Waals surface area contributed by atoms with E-state index >= 15 is 0 Å². The van der Waals surface area contributed by atoms with Crippen LogP contribution >= 0.6 is 23.2 Å². The Bertz CT molecular complexity index is 514. The highest BCUT2D eigenvalue weighted by Crippen LogP contribution is 2.30. The second-order valence-electron chi connectivity index (χ2n) is 3.27. The van der Waals surface area contributed by atoms with E-state index in [1.807, 2.05) is 18.2 Å². The van der Waals surface area contributed by atoms with Crippen LogP contribution in [0.4, 0.5) is 11.4 Å². The molecule has 0 aliphatic rings. The van der Waals surface area contributed by atoms with E-state index in [4.69, 9.17) is 23.2 Å². The molecule has 0 radical (unpaired) electrons. The van der Waals surface area contributed by atoms with Gasteiger partial charge in [0.15, 0.2) is 0 Å². The number of hydrogen-bond donors (Lipinski definition) is 2. The third-order valence-electron chi connectivity index (χ3n) is 2.10. The van der Waals surface area contributed by atoms with Crippen molar-refractivity contribution in [2.24, 2.45) is 0 Å². The molecule has 0 unspecified atom stereocenters. The lowest BCUT2D eigenvalue weighted by Crippen LogP contribution is -1.90. The van der Waals surface area contributed by atoms with E-state index in [9.17, 15) is 5.11 Å². The number of anilines is 2. The van der Waals surface area contributed by atoms with Crippen molar-refractivity contribution in [3.05, 3.63) is 52.5 Å². The molecule has 2 nitrogen and oxygen atoms in total. The topological polar surface area (TPSA) is 32.3 Å². The highest BCUT2D eigenvalue weighted by molar-refractivity contribution is 6.33. The molecule has 0 saturated heterocycles. The largest absolute Gasteiger partial charge is 0.506 e. The maximum Gasteiger partial charge on any atom is 0.134 e. The van der Waals surface area contributed by atoms with Crippen molar-refractivity contribution in [2.75, 3.05) is 5.32 Å². The Morgan fingerprint density at radius 2 is 1.69 bits per heavy atom. The fourth-order valence-corrected chi connectivity index (χ4v) is 1.67. The average molecular weight is 254 g/mol. The summed E-state index contributed by atoms with van der Waals surface area (Å²) >= 11 is 11.8. The number of nitrogens with one attached hydrogen (secondary N) is 1. The van der Waals surface area contributed by atoms with E-state index in [1.165, 1.54) is 6.07 Å². The SMILES string of the molecule is Oc1ccc(Nc2ccccc2Cl)cc1Cl. The van der Waals surface area contributed by atoms with Crippen LogP contribution in [0.3, 0.4) is 0 Å². The van der Waals surface area contributed by atoms with E-state index in [-0.39, 0.29) is 5.75 Å². The predicted molar refractivity (Wildman–Crippen MR) is 67.9 cm³/mol. The molecular formula is C12H9Cl2NO. The van der Waals surface area contributed by atoms with Gasteiger partial charge in [0.05, 0.1) is 15.7 Å². The first-order valence-corrected chi connectivity index (χ1v) is 5.42. The standard InChI is InChI=1S/C12H9Cl2NO/c13-9-3-1-2-4-11(9)15-8-5-6-12(16)10(14)7-8/h1-7,15-16H. The lowest BCUT2D eigenvalue weighted by Gasteiger charge is -2.08. The van der Waals surface area contributed by atoms with E-state index in [1.54, 1.807) is 18.2 Å². The molecule has 0 bridgehead atoms. The second kappa shape index (κ2) is 4.64. The molecule has 2 aromatic carbocycles. The Kier molecular flexibility index (Phi) is 3.22. The predicted octanol–water partition coefficient (Wildman–Crippen LogP) is 4.44. The number of phenolic OH excluding ortho intramolecular Hbond substituents is 1. The number of rotatable bonds is 2. The van der Waals surface area contributed by atoms with E-state index in [0.717, 1.165) is 11.4 Å². The molecule has 4 heteroatoms. The third-order valence-corrected chi connectivity index (χ3v) is 2.73. The Balaban J connectivity index is 2.28. The molecule has 0 fully saturated rings. The summed E-state index contributed by atoms with van der Waals surface area (Å²) in [4.78, 5) is 0. The van der Waals surface area contributed by atoms with Gasteiger partial charge in [0.1, 0.15) is 5.75 Å². The van der Waals surface area contributed by atoms with Crippen LogP contribution in [0.15, 0.2) is 42.5 Å². The van der Waals surface area contributed by atoms with Gasteiger partial charge in [0.2, 0.25) is 0 Å². The molecule has 2 rings (SSSR count). The average Bonchev–Trinajstić information content (AvgIpc) is 2.27. The van der Waals surface area contributed by atoms with Crippen molar-refractivity contribution in [1.29, 1.82) is 0 Å². The van der Waals surface area contributed by atoms with Crippen LogP contribution in [0.25, 0.3) is 0 Å². The summed E-state index contributed by atoms with van der Waals surface area (Å²) in [5, 5.41) is 13.3. The summed E-state index contributed by atoms with van der Waals surface area (Å²) in [6.45, 7) is 0. The smallest absolute Gasteiger partial charge is 0.134 e. The first kappa shape index (κ1) is 11.1. The zero-order chi connectivity index (χ0) is 11.5. The van der Waals surface area contributed by atoms with Crippen molar-refractivity contribution in [1.82, 2.24) is 0 Å². The van der Waals surface area contributed by atoms with Crippen LogP contribution in [0, 0.1) is 0 Å². The maximum atomic E-state index is 9.28. The van der Waals surface area contributed by atoms with Gasteiger partial charge in [-0.2, -0.15) is 0 Å². The van der Waals surface area contributed by atoms with Crippen molar-refractivity contribution < 1.29 is 5.11 Å². The van der Waals surface area contributed by atoms with Gasteiger partial charge >= 0.3 is 0 Å². The van der Waals surface area contributed by atoms with Crippen LogP contribution in [0.2, 0.25) is 10.0 Å². The first-order valence-electron chi connectivity index (χ1n) is 4.67. The number of hydrogen-bond acceptors (Lipinski definition) is 2. The lowest BCUT2D eigenvalue weighted by molar-refractivity contribution is 0.475. The molecule has 0 spiro atoms. The molecular weight excluding hydrogens is 245 g/mol. The van der Waals surface area contributed by atoms with Gasteiger partial charge in [-0.05, 0) is 30.3 Å². The molecule has 0 aliphatic carbocycles. The minimum Gasteiger partial charge on any atom is -0.506 e. The summed E-state index contributed by atoms with van der Waals surface area (Å²) in [6.07, 6.45) is 0. The number of halogens is 2. The Labute approximate surface area is 103 Å². The van der Waals surface area contributed by atoms with Crippen LogP contribution < -0.4 is 5.32 Å². The van der Waals surface area contributed by atoms with Gasteiger partial charge < -0.3 is 10.4 Å². The molecule has 0 atom stereocenters. The molecule has 0 aliphatic heterocycles. The van der Waals surface area contributed by atoms with Gasteiger partial charge in [-0.25, -0.2) is 0 Å². The number of para-hydroxylation sites is 1.